The number of nitrogens with one attached hydrogen (secondary N) is 1. The molecule has 1 N–H and O–H groups in total. The number of esters is 1. The van der Waals surface area contributed by atoms with E-state index in [2.05, 4.69) is 5.32 Å². The van der Waals surface area contributed by atoms with E-state index < -0.39 is 45.1 Å². The van der Waals surface area contributed by atoms with Gasteiger partial charge in [0.2, 0.25) is 5.78 Å². The van der Waals surface area contributed by atoms with Gasteiger partial charge in [-0.1, -0.05) is 6.07 Å². The number of rotatable bonds is 8. The lowest BCUT2D eigenvalue weighted by Crippen LogP contribution is -2.40. The van der Waals surface area contributed by atoms with Crippen LogP contribution in [0.5, 0.6) is 0 Å². The lowest BCUT2D eigenvalue weighted by atomic mass is 10.1. The fraction of sp³-hybridized carbons (Fsp3) is 0.409. The van der Waals surface area contributed by atoms with E-state index in [0.29, 0.717) is 17.7 Å². The summed E-state index contributed by atoms with van der Waals surface area (Å²) in [5.41, 5.74) is 1.43. The number of Topliss-reactive ketones (excluding diaryl/α,β-unsaturated/α-hetero) is 1. The minimum atomic E-state index is -3.10. The van der Waals surface area contributed by atoms with E-state index in [0.717, 1.165) is 11.8 Å². The Morgan fingerprint density at radius 3 is 2.59 bits per heavy atom. The molecule has 2 unspecified atom stereocenters. The molecular weight excluding hydrogens is 466 g/mol. The maximum absolute atomic E-state index is 12.7. The number of benzene rings is 1. The van der Waals surface area contributed by atoms with Crippen LogP contribution in [0.25, 0.3) is 0 Å². The Balaban J connectivity index is 1.60. The normalized spacial score (nSPS) is 17.7. The number of ether oxygens (including phenoxy) is 1. The Morgan fingerprint density at radius 1 is 1.26 bits per heavy atom. The van der Waals surface area contributed by atoms with Crippen molar-refractivity contribution in [2.75, 3.05) is 18.1 Å². The molecule has 0 spiro atoms. The summed E-state index contributed by atoms with van der Waals surface area (Å²) in [6.45, 7) is 4.32. The Bertz CT molecular complexity index is 1260. The van der Waals surface area contributed by atoms with Crippen molar-refractivity contribution in [3.05, 3.63) is 63.0 Å². The van der Waals surface area contributed by atoms with Crippen molar-refractivity contribution in [1.82, 2.24) is 9.88 Å². The van der Waals surface area contributed by atoms with Gasteiger partial charge < -0.3 is 14.6 Å². The summed E-state index contributed by atoms with van der Waals surface area (Å²) >= 11 is 0. The number of aromatic nitrogens is 1. The second kappa shape index (κ2) is 9.75. The predicted octanol–water partition coefficient (Wildman–Crippen LogP) is 1.92. The number of nitrogens with zero attached hydrogens (tertiary/aromatic N) is 2. The Labute approximate surface area is 196 Å². The van der Waals surface area contributed by atoms with Gasteiger partial charge in [-0.2, -0.15) is 0 Å². The van der Waals surface area contributed by atoms with E-state index in [1.54, 1.807) is 19.9 Å². The van der Waals surface area contributed by atoms with Gasteiger partial charge in [0, 0.05) is 40.7 Å². The van der Waals surface area contributed by atoms with E-state index in [1.165, 1.54) is 25.1 Å². The van der Waals surface area contributed by atoms with Crippen molar-refractivity contribution in [1.29, 1.82) is 0 Å². The first-order valence-corrected chi connectivity index (χ1v) is 12.4. The molecule has 0 bridgehead atoms. The van der Waals surface area contributed by atoms with Crippen molar-refractivity contribution in [3.8, 4) is 0 Å². The highest BCUT2D eigenvalue weighted by Gasteiger charge is 2.32. The number of carbonyl (C=O) groups excluding carboxylic acids is 3. The van der Waals surface area contributed by atoms with Crippen LogP contribution in [0.1, 0.15) is 51.5 Å². The lowest BCUT2D eigenvalue weighted by Gasteiger charge is -2.16. The van der Waals surface area contributed by atoms with E-state index in [1.807, 2.05) is 4.57 Å². The van der Waals surface area contributed by atoms with Crippen LogP contribution in [0.2, 0.25) is 0 Å². The molecule has 2 heterocycles. The maximum Gasteiger partial charge on any atom is 0.328 e. The largest absolute Gasteiger partial charge is 0.456 e. The second-order valence-electron chi connectivity index (χ2n) is 8.25. The van der Waals surface area contributed by atoms with E-state index >= 15 is 0 Å². The number of hydrogen-bond acceptors (Lipinski definition) is 8. The summed E-state index contributed by atoms with van der Waals surface area (Å²) < 4.78 is 30.6. The summed E-state index contributed by atoms with van der Waals surface area (Å²) in [6, 6.07) is 5.35. The molecule has 1 amide bonds. The van der Waals surface area contributed by atoms with Crippen LogP contribution in [0.15, 0.2) is 30.3 Å². The molecule has 2 aromatic rings. The number of hydrogen-bond donors (Lipinski definition) is 1. The zero-order valence-electron chi connectivity index (χ0n) is 18.9. The first kappa shape index (κ1) is 25.1. The number of nitro benzene ring substituents is 1. The minimum absolute atomic E-state index is 0.00583. The average Bonchev–Trinajstić information content (AvgIpc) is 3.28. The van der Waals surface area contributed by atoms with Crippen molar-refractivity contribution in [2.24, 2.45) is 0 Å². The molecule has 1 aromatic heterocycles. The van der Waals surface area contributed by atoms with Gasteiger partial charge in [-0.25, -0.2) is 13.2 Å². The van der Waals surface area contributed by atoms with Crippen molar-refractivity contribution in [3.63, 3.8) is 0 Å². The molecule has 1 saturated heterocycles. The Hall–Kier alpha value is -3.54. The summed E-state index contributed by atoms with van der Waals surface area (Å²) in [7, 11) is -3.10. The summed E-state index contributed by atoms with van der Waals surface area (Å²) in [4.78, 5) is 47.5. The smallest absolute Gasteiger partial charge is 0.328 e. The fourth-order valence-electron chi connectivity index (χ4n) is 4.04. The molecule has 0 radical (unpaired) electrons. The molecule has 1 aliphatic heterocycles. The maximum atomic E-state index is 12.7. The standard InChI is InChI=1S/C22H25N3O8S/c1-13-9-19(15(3)24(13)18-7-8-34(31,32)12-18)20(26)11-33-22(28)14(2)23-21(27)16-5-4-6-17(10-16)25(29)30/h4-6,9-10,14,18H,7-8,11-12H2,1-3H3,(H,23,27). The van der Waals surface area contributed by atoms with Crippen LogP contribution < -0.4 is 5.32 Å². The highest BCUT2D eigenvalue weighted by atomic mass is 32.2. The van der Waals surface area contributed by atoms with Gasteiger partial charge >= 0.3 is 5.97 Å². The highest BCUT2D eigenvalue weighted by molar-refractivity contribution is 7.91. The lowest BCUT2D eigenvalue weighted by molar-refractivity contribution is -0.384. The third-order valence-corrected chi connectivity index (χ3v) is 7.47. The number of aryl methyl sites for hydroxylation is 1. The van der Waals surface area contributed by atoms with E-state index in [4.69, 9.17) is 4.74 Å². The van der Waals surface area contributed by atoms with Crippen molar-refractivity contribution < 1.29 is 32.5 Å². The quantitative estimate of drug-likeness (QED) is 0.254. The number of amides is 1. The number of ketones is 1. The van der Waals surface area contributed by atoms with Crippen LogP contribution >= 0.6 is 0 Å². The summed E-state index contributed by atoms with van der Waals surface area (Å²) in [5.74, 6) is -1.87. The van der Waals surface area contributed by atoms with Crippen LogP contribution in [-0.4, -0.2) is 59.7 Å². The summed E-state index contributed by atoms with van der Waals surface area (Å²) in [6.07, 6.45) is 0.475. The molecule has 1 aromatic carbocycles. The van der Waals surface area contributed by atoms with Crippen LogP contribution in [0.4, 0.5) is 5.69 Å². The SMILES string of the molecule is Cc1cc(C(=O)COC(=O)C(C)NC(=O)c2cccc([N+](=O)[O-])c2)c(C)n1C1CCS(=O)(=O)C1. The highest BCUT2D eigenvalue weighted by Crippen LogP contribution is 2.29. The molecule has 2 atom stereocenters. The molecule has 11 nitrogen and oxygen atoms in total. The first-order chi connectivity index (χ1) is 15.9. The Kier molecular flexibility index (Phi) is 7.20. The molecule has 3 rings (SSSR count). The van der Waals surface area contributed by atoms with Crippen molar-refractivity contribution >= 4 is 33.2 Å². The topological polar surface area (TPSA) is 155 Å². The molecule has 1 aliphatic rings. The molecule has 182 valence electrons. The predicted molar refractivity (Wildman–Crippen MR) is 122 cm³/mol. The minimum Gasteiger partial charge on any atom is -0.456 e. The van der Waals surface area contributed by atoms with E-state index in [9.17, 15) is 32.9 Å². The molecule has 0 saturated carbocycles. The van der Waals surface area contributed by atoms with Crippen LogP contribution in [0.3, 0.4) is 0 Å². The van der Waals surface area contributed by atoms with Gasteiger partial charge in [0.1, 0.15) is 6.04 Å². The first-order valence-electron chi connectivity index (χ1n) is 10.5. The van der Waals surface area contributed by atoms with Crippen LogP contribution in [-0.2, 0) is 19.4 Å². The zero-order valence-corrected chi connectivity index (χ0v) is 19.8. The second-order valence-corrected chi connectivity index (χ2v) is 10.5. The molecule has 0 aliphatic carbocycles. The average molecular weight is 492 g/mol. The van der Waals surface area contributed by atoms with Gasteiger partial charge in [0.25, 0.3) is 11.6 Å². The number of nitro groups is 1. The van der Waals surface area contributed by atoms with Gasteiger partial charge in [0.15, 0.2) is 16.4 Å². The number of carbonyl (C=O) groups is 3. The molecule has 1 fully saturated rings. The van der Waals surface area contributed by atoms with Gasteiger partial charge in [0.05, 0.1) is 16.4 Å². The van der Waals surface area contributed by atoms with Crippen molar-refractivity contribution in [2.45, 2.75) is 39.3 Å². The molecule has 12 heteroatoms. The van der Waals surface area contributed by atoms with E-state index in [-0.39, 0.29) is 28.8 Å². The van der Waals surface area contributed by atoms with Gasteiger partial charge in [-0.15, -0.1) is 0 Å². The number of non-ortho nitro benzene ring substituents is 1. The fourth-order valence-corrected chi connectivity index (χ4v) is 5.74. The molecular formula is C22H25N3O8S. The monoisotopic (exact) mass is 491 g/mol. The van der Waals surface area contributed by atoms with Gasteiger partial charge in [-0.3, -0.25) is 19.7 Å². The number of sulfone groups is 1. The summed E-state index contributed by atoms with van der Waals surface area (Å²) in [5, 5.41) is 13.2. The Morgan fingerprint density at radius 2 is 1.97 bits per heavy atom. The third kappa shape index (κ3) is 5.50. The zero-order chi connectivity index (χ0) is 25.2. The molecule has 34 heavy (non-hydrogen) atoms. The third-order valence-electron chi connectivity index (χ3n) is 5.72. The van der Waals surface area contributed by atoms with Gasteiger partial charge in [-0.05, 0) is 39.3 Å². The van der Waals surface area contributed by atoms with Crippen LogP contribution in [0, 0.1) is 24.0 Å².